The monoisotopic (exact) mass is 386 g/mol. The van der Waals surface area contributed by atoms with Crippen molar-refractivity contribution in [1.82, 2.24) is 9.88 Å². The predicted molar refractivity (Wildman–Crippen MR) is 103 cm³/mol. The molecule has 0 aliphatic heterocycles. The van der Waals surface area contributed by atoms with E-state index in [1.165, 1.54) is 13.4 Å². The first-order chi connectivity index (χ1) is 13.4. The Bertz CT molecular complexity index is 860. The van der Waals surface area contributed by atoms with Gasteiger partial charge in [-0.2, -0.15) is 0 Å². The summed E-state index contributed by atoms with van der Waals surface area (Å²) in [7, 11) is 1.30. The van der Waals surface area contributed by atoms with Crippen LogP contribution in [0.1, 0.15) is 74.8 Å². The molecular formula is C21H26N2O5. The van der Waals surface area contributed by atoms with Crippen molar-refractivity contribution in [1.29, 1.82) is 0 Å². The third kappa shape index (κ3) is 3.88. The first-order valence-corrected chi connectivity index (χ1v) is 9.59. The molecule has 0 aromatic carbocycles. The number of aryl methyl sites for hydroxylation is 1. The molecule has 150 valence electrons. The highest BCUT2D eigenvalue weighted by molar-refractivity contribution is 6.05. The fourth-order valence-electron chi connectivity index (χ4n) is 4.01. The van der Waals surface area contributed by atoms with Gasteiger partial charge in [0.1, 0.15) is 5.69 Å². The third-order valence-corrected chi connectivity index (χ3v) is 5.43. The Morgan fingerprint density at radius 3 is 2.54 bits per heavy atom. The fourth-order valence-corrected chi connectivity index (χ4v) is 4.01. The number of esters is 1. The van der Waals surface area contributed by atoms with E-state index in [2.05, 4.69) is 4.98 Å². The van der Waals surface area contributed by atoms with Crippen molar-refractivity contribution in [2.75, 3.05) is 13.7 Å². The van der Waals surface area contributed by atoms with Crippen molar-refractivity contribution in [3.63, 3.8) is 0 Å². The standard InChI is InChI=1S/C21H26N2O5/c1-13-18(14(2)22-19(13)21(26)27-3)16(24)12-23(15-8-5-4-6-9-15)20(25)17-10-7-11-28-17/h7,10-11,15,22H,4-6,8-9,12H2,1-3H3. The minimum Gasteiger partial charge on any atom is -0.464 e. The predicted octanol–water partition coefficient (Wildman–Crippen LogP) is 3.67. The molecule has 28 heavy (non-hydrogen) atoms. The summed E-state index contributed by atoms with van der Waals surface area (Å²) in [5.74, 6) is -0.761. The maximum atomic E-state index is 13.1. The van der Waals surface area contributed by atoms with E-state index in [0.29, 0.717) is 16.8 Å². The molecule has 0 atom stereocenters. The van der Waals surface area contributed by atoms with Gasteiger partial charge in [-0.1, -0.05) is 19.3 Å². The summed E-state index contributed by atoms with van der Waals surface area (Å²) in [6.07, 6.45) is 6.42. The number of hydrogen-bond acceptors (Lipinski definition) is 5. The molecule has 7 heteroatoms. The van der Waals surface area contributed by atoms with Crippen LogP contribution in [-0.4, -0.2) is 47.2 Å². The summed E-state index contributed by atoms with van der Waals surface area (Å²) in [5.41, 5.74) is 1.85. The van der Waals surface area contributed by atoms with E-state index < -0.39 is 5.97 Å². The van der Waals surface area contributed by atoms with Gasteiger partial charge < -0.3 is 19.0 Å². The highest BCUT2D eigenvalue weighted by atomic mass is 16.5. The number of rotatable bonds is 6. The van der Waals surface area contributed by atoms with Gasteiger partial charge in [0.2, 0.25) is 0 Å². The minimum absolute atomic E-state index is 0.00920. The van der Waals surface area contributed by atoms with Crippen LogP contribution >= 0.6 is 0 Å². The van der Waals surface area contributed by atoms with Crippen LogP contribution in [0, 0.1) is 13.8 Å². The number of nitrogens with zero attached hydrogens (tertiary/aromatic N) is 1. The lowest BCUT2D eigenvalue weighted by atomic mass is 9.93. The number of H-pyrrole nitrogens is 1. The topological polar surface area (TPSA) is 92.6 Å². The average Bonchev–Trinajstić information content (AvgIpc) is 3.34. The lowest BCUT2D eigenvalue weighted by Gasteiger charge is -2.33. The Balaban J connectivity index is 1.88. The summed E-state index contributed by atoms with van der Waals surface area (Å²) in [6.45, 7) is 3.40. The summed E-state index contributed by atoms with van der Waals surface area (Å²) >= 11 is 0. The Hall–Kier alpha value is -2.83. The van der Waals surface area contributed by atoms with E-state index in [1.54, 1.807) is 30.9 Å². The van der Waals surface area contributed by atoms with Gasteiger partial charge in [0, 0.05) is 17.3 Å². The van der Waals surface area contributed by atoms with Crippen molar-refractivity contribution in [2.45, 2.75) is 52.0 Å². The molecule has 0 radical (unpaired) electrons. The van der Waals surface area contributed by atoms with Gasteiger partial charge in [-0.3, -0.25) is 9.59 Å². The number of furan rings is 1. The molecule has 1 saturated carbocycles. The number of aromatic amines is 1. The number of hydrogen-bond donors (Lipinski definition) is 1. The lowest BCUT2D eigenvalue weighted by Crippen LogP contribution is -2.44. The van der Waals surface area contributed by atoms with Crippen LogP contribution in [-0.2, 0) is 4.74 Å². The number of aromatic nitrogens is 1. The highest BCUT2D eigenvalue weighted by Crippen LogP contribution is 2.26. The van der Waals surface area contributed by atoms with Crippen molar-refractivity contribution in [2.24, 2.45) is 0 Å². The second-order valence-corrected chi connectivity index (χ2v) is 7.24. The maximum Gasteiger partial charge on any atom is 0.354 e. The molecule has 2 heterocycles. The van der Waals surface area contributed by atoms with Crippen molar-refractivity contribution >= 4 is 17.7 Å². The van der Waals surface area contributed by atoms with E-state index in [0.717, 1.165) is 32.1 Å². The zero-order valence-electron chi connectivity index (χ0n) is 16.5. The first kappa shape index (κ1) is 19.9. The molecule has 0 bridgehead atoms. The van der Waals surface area contributed by atoms with Crippen LogP contribution in [0.5, 0.6) is 0 Å². The molecule has 1 amide bonds. The van der Waals surface area contributed by atoms with Crippen LogP contribution in [0.2, 0.25) is 0 Å². The molecule has 3 rings (SSSR count). The number of amides is 1. The molecule has 1 fully saturated rings. The largest absolute Gasteiger partial charge is 0.464 e. The number of carbonyl (C=O) groups is 3. The molecule has 2 aromatic rings. The second kappa shape index (κ2) is 8.46. The number of methoxy groups -OCH3 is 1. The van der Waals surface area contributed by atoms with Gasteiger partial charge in [-0.05, 0) is 44.4 Å². The van der Waals surface area contributed by atoms with E-state index >= 15 is 0 Å². The van der Waals surface area contributed by atoms with E-state index in [4.69, 9.17) is 9.15 Å². The van der Waals surface area contributed by atoms with Crippen LogP contribution in [0.3, 0.4) is 0 Å². The summed E-state index contributed by atoms with van der Waals surface area (Å²) in [4.78, 5) is 42.6. The number of carbonyl (C=O) groups excluding carboxylic acids is 3. The van der Waals surface area contributed by atoms with Crippen molar-refractivity contribution < 1.29 is 23.5 Å². The first-order valence-electron chi connectivity index (χ1n) is 9.59. The zero-order chi connectivity index (χ0) is 20.3. The summed E-state index contributed by atoms with van der Waals surface area (Å²) < 4.78 is 10.1. The van der Waals surface area contributed by atoms with Crippen LogP contribution in [0.4, 0.5) is 0 Å². The molecule has 0 spiro atoms. The fraction of sp³-hybridized carbons (Fsp3) is 0.476. The Kier molecular flexibility index (Phi) is 6.02. The summed E-state index contributed by atoms with van der Waals surface area (Å²) in [6, 6.07) is 3.29. The van der Waals surface area contributed by atoms with Gasteiger partial charge in [-0.15, -0.1) is 0 Å². The molecule has 1 aliphatic carbocycles. The average molecular weight is 386 g/mol. The van der Waals surface area contributed by atoms with Crippen LogP contribution < -0.4 is 0 Å². The number of ketones is 1. The zero-order valence-corrected chi connectivity index (χ0v) is 16.5. The van der Waals surface area contributed by atoms with E-state index in [-0.39, 0.29) is 35.7 Å². The third-order valence-electron chi connectivity index (χ3n) is 5.43. The smallest absolute Gasteiger partial charge is 0.354 e. The highest BCUT2D eigenvalue weighted by Gasteiger charge is 2.31. The molecule has 0 saturated heterocycles. The number of Topliss-reactive ketones (excluding diaryl/α,β-unsaturated/α-hetero) is 1. The normalized spacial score (nSPS) is 14.7. The molecule has 1 N–H and O–H groups in total. The molecule has 7 nitrogen and oxygen atoms in total. The van der Waals surface area contributed by atoms with Gasteiger partial charge >= 0.3 is 5.97 Å². The SMILES string of the molecule is COC(=O)c1[nH]c(C)c(C(=O)CN(C(=O)c2ccco2)C2CCCCC2)c1C. The lowest BCUT2D eigenvalue weighted by molar-refractivity contribution is 0.0567. The maximum absolute atomic E-state index is 13.1. The van der Waals surface area contributed by atoms with Crippen LogP contribution in [0.15, 0.2) is 22.8 Å². The van der Waals surface area contributed by atoms with Crippen molar-refractivity contribution in [3.8, 4) is 0 Å². The van der Waals surface area contributed by atoms with Gasteiger partial charge in [-0.25, -0.2) is 4.79 Å². The van der Waals surface area contributed by atoms with Crippen molar-refractivity contribution in [3.05, 3.63) is 46.7 Å². The summed E-state index contributed by atoms with van der Waals surface area (Å²) in [5, 5.41) is 0. The van der Waals surface area contributed by atoms with Crippen LogP contribution in [0.25, 0.3) is 0 Å². The van der Waals surface area contributed by atoms with Gasteiger partial charge in [0.05, 0.1) is 19.9 Å². The van der Waals surface area contributed by atoms with Gasteiger partial charge in [0.15, 0.2) is 11.5 Å². The second-order valence-electron chi connectivity index (χ2n) is 7.24. The Labute approximate surface area is 164 Å². The molecule has 1 aliphatic rings. The Morgan fingerprint density at radius 1 is 1.21 bits per heavy atom. The molecule has 2 aromatic heterocycles. The molecular weight excluding hydrogens is 360 g/mol. The number of nitrogens with one attached hydrogen (secondary N) is 1. The number of ether oxygens (including phenoxy) is 1. The van der Waals surface area contributed by atoms with Gasteiger partial charge in [0.25, 0.3) is 5.91 Å². The molecule has 0 unspecified atom stereocenters. The van der Waals surface area contributed by atoms with E-state index in [9.17, 15) is 14.4 Å². The van der Waals surface area contributed by atoms with E-state index in [1.807, 2.05) is 0 Å². The minimum atomic E-state index is -0.518. The Morgan fingerprint density at radius 2 is 1.93 bits per heavy atom. The quantitative estimate of drug-likeness (QED) is 0.604.